The summed E-state index contributed by atoms with van der Waals surface area (Å²) >= 11 is 0. The van der Waals surface area contributed by atoms with E-state index in [-0.39, 0.29) is 36.6 Å². The molecule has 2 unspecified atom stereocenters. The lowest BCUT2D eigenvalue weighted by Gasteiger charge is -2.27. The zero-order valence-electron chi connectivity index (χ0n) is 18.0. The van der Waals surface area contributed by atoms with Gasteiger partial charge in [-0.05, 0) is 43.5 Å². The molecule has 1 aromatic heterocycles. The number of anilines is 1. The summed E-state index contributed by atoms with van der Waals surface area (Å²) in [7, 11) is 0. The van der Waals surface area contributed by atoms with E-state index in [1.54, 1.807) is 24.4 Å². The Bertz CT molecular complexity index is 1140. The summed E-state index contributed by atoms with van der Waals surface area (Å²) in [6.45, 7) is 1.21. The fourth-order valence-corrected chi connectivity index (χ4v) is 4.66. The van der Waals surface area contributed by atoms with Crippen molar-refractivity contribution in [1.82, 2.24) is 25.5 Å². The Labute approximate surface area is 190 Å². The van der Waals surface area contributed by atoms with E-state index in [2.05, 4.69) is 25.9 Å². The number of aromatic nitrogens is 2. The summed E-state index contributed by atoms with van der Waals surface area (Å²) in [5.41, 5.74) is 2.06. The van der Waals surface area contributed by atoms with Gasteiger partial charge in [-0.15, -0.1) is 0 Å². The molecule has 2 saturated heterocycles. The minimum absolute atomic E-state index is 0.0851. The van der Waals surface area contributed by atoms with Crippen LogP contribution in [0.3, 0.4) is 0 Å². The second-order valence-corrected chi connectivity index (χ2v) is 8.45. The maximum Gasteiger partial charge on any atom is 0.262 e. The van der Waals surface area contributed by atoms with Crippen molar-refractivity contribution in [3.8, 4) is 0 Å². The molecule has 4 amide bonds. The van der Waals surface area contributed by atoms with Crippen molar-refractivity contribution >= 4 is 29.6 Å². The Hall–Kier alpha value is -3.66. The third kappa shape index (κ3) is 3.97. The molecule has 0 aliphatic carbocycles. The van der Waals surface area contributed by atoms with Crippen molar-refractivity contribution in [2.45, 2.75) is 50.7 Å². The molecule has 0 saturated carbocycles. The quantitative estimate of drug-likeness (QED) is 0.583. The lowest BCUT2D eigenvalue weighted by molar-refractivity contribution is -0.136. The summed E-state index contributed by atoms with van der Waals surface area (Å²) in [5.74, 6) is -1.63. The molecule has 5 rings (SSSR count). The normalized spacial score (nSPS) is 22.8. The highest BCUT2D eigenvalue weighted by Gasteiger charge is 2.45. The molecule has 2 fully saturated rings. The number of carbonyl (C=O) groups excluding carboxylic acids is 4. The molecular weight excluding hydrogens is 424 g/mol. The number of amides is 4. The van der Waals surface area contributed by atoms with Crippen LogP contribution in [0.25, 0.3) is 0 Å². The van der Waals surface area contributed by atoms with Gasteiger partial charge < -0.3 is 10.6 Å². The zero-order chi connectivity index (χ0) is 22.9. The van der Waals surface area contributed by atoms with Crippen LogP contribution < -0.4 is 16.0 Å². The van der Waals surface area contributed by atoms with Gasteiger partial charge in [-0.1, -0.05) is 18.6 Å². The number of nitrogens with zero attached hydrogens (tertiary/aromatic N) is 3. The first kappa shape index (κ1) is 21.2. The van der Waals surface area contributed by atoms with Crippen molar-refractivity contribution < 1.29 is 19.2 Å². The van der Waals surface area contributed by atoms with Crippen molar-refractivity contribution in [1.29, 1.82) is 0 Å². The summed E-state index contributed by atoms with van der Waals surface area (Å²) in [5, 5.41) is 8.83. The molecule has 10 nitrogen and oxygen atoms in total. The predicted molar refractivity (Wildman–Crippen MR) is 117 cm³/mol. The third-order valence-corrected chi connectivity index (χ3v) is 6.34. The maximum absolute atomic E-state index is 13.2. The largest absolute Gasteiger partial charge is 0.350 e. The van der Waals surface area contributed by atoms with Crippen LogP contribution >= 0.6 is 0 Å². The van der Waals surface area contributed by atoms with Crippen LogP contribution in [0, 0.1) is 0 Å². The van der Waals surface area contributed by atoms with Crippen LogP contribution in [0.1, 0.15) is 70.1 Å². The Kier molecular flexibility index (Phi) is 5.59. The first-order chi connectivity index (χ1) is 16.0. The summed E-state index contributed by atoms with van der Waals surface area (Å²) in [4.78, 5) is 59.8. The predicted octanol–water partition coefficient (Wildman–Crippen LogP) is 1.30. The number of piperidine rings is 2. The Morgan fingerprint density at radius 3 is 2.73 bits per heavy atom. The second kappa shape index (κ2) is 8.70. The van der Waals surface area contributed by atoms with Crippen LogP contribution in [0.15, 0.2) is 30.5 Å². The summed E-state index contributed by atoms with van der Waals surface area (Å²) in [6, 6.07) is 6.16. The van der Waals surface area contributed by atoms with Crippen molar-refractivity contribution in [2.24, 2.45) is 0 Å². The number of rotatable bonds is 5. The van der Waals surface area contributed by atoms with Crippen molar-refractivity contribution in [3.05, 3.63) is 52.8 Å². The van der Waals surface area contributed by atoms with Crippen LogP contribution in [-0.2, 0) is 16.1 Å². The number of carbonyl (C=O) groups is 4. The van der Waals surface area contributed by atoms with Gasteiger partial charge >= 0.3 is 0 Å². The molecular formula is C23H24N6O4. The van der Waals surface area contributed by atoms with E-state index in [1.165, 1.54) is 0 Å². The van der Waals surface area contributed by atoms with Gasteiger partial charge in [0.05, 0.1) is 16.8 Å². The monoisotopic (exact) mass is 448 g/mol. The molecule has 4 heterocycles. The first-order valence-electron chi connectivity index (χ1n) is 11.2. The van der Waals surface area contributed by atoms with E-state index >= 15 is 0 Å². The van der Waals surface area contributed by atoms with Crippen LogP contribution in [0.4, 0.5) is 5.95 Å². The lowest BCUT2D eigenvalue weighted by atomic mass is 10.0. The summed E-state index contributed by atoms with van der Waals surface area (Å²) < 4.78 is 0. The van der Waals surface area contributed by atoms with Gasteiger partial charge in [-0.25, -0.2) is 9.97 Å². The van der Waals surface area contributed by atoms with Gasteiger partial charge in [-0.2, -0.15) is 0 Å². The van der Waals surface area contributed by atoms with E-state index in [1.807, 2.05) is 6.07 Å². The fraction of sp³-hybridized carbons (Fsp3) is 0.391. The zero-order valence-corrected chi connectivity index (χ0v) is 18.0. The number of fused-ring (bicyclic) bond motifs is 1. The SMILES string of the molecule is O=C1CCC(N2C(=O)c3cccc(CNc4nccc(C5CCCCN5)n4)c3C2=O)C(=O)N1. The minimum Gasteiger partial charge on any atom is -0.350 e. The molecule has 3 aliphatic rings. The molecule has 33 heavy (non-hydrogen) atoms. The lowest BCUT2D eigenvalue weighted by Crippen LogP contribution is -2.54. The molecule has 1 aromatic carbocycles. The topological polar surface area (TPSA) is 133 Å². The van der Waals surface area contributed by atoms with Gasteiger partial charge in [0.1, 0.15) is 6.04 Å². The van der Waals surface area contributed by atoms with Crippen LogP contribution in [-0.4, -0.2) is 51.1 Å². The highest BCUT2D eigenvalue weighted by molar-refractivity contribution is 6.24. The number of imide groups is 2. The average Bonchev–Trinajstić information content (AvgIpc) is 3.09. The minimum atomic E-state index is -0.987. The Balaban J connectivity index is 1.35. The van der Waals surface area contributed by atoms with Gasteiger partial charge in [0.15, 0.2) is 0 Å². The fourth-order valence-electron chi connectivity index (χ4n) is 4.66. The number of hydrogen-bond donors (Lipinski definition) is 3. The van der Waals surface area contributed by atoms with Crippen LogP contribution in [0.2, 0.25) is 0 Å². The van der Waals surface area contributed by atoms with E-state index < -0.39 is 29.7 Å². The standard InChI is InChI=1S/C23H24N6O4/c30-18-8-7-17(20(31)28-18)29-21(32)14-5-3-4-13(19(14)22(29)33)12-26-23-25-11-9-16(27-23)15-6-1-2-10-24-15/h3-5,9,11,15,17,24H,1-2,6-8,10,12H2,(H,25,26,27)(H,28,30,31). The van der Waals surface area contributed by atoms with Gasteiger partial charge in [0.2, 0.25) is 17.8 Å². The molecule has 2 aromatic rings. The molecule has 170 valence electrons. The Morgan fingerprint density at radius 2 is 1.94 bits per heavy atom. The van der Waals surface area contributed by atoms with Crippen molar-refractivity contribution in [2.75, 3.05) is 11.9 Å². The third-order valence-electron chi connectivity index (χ3n) is 6.34. The molecule has 3 aliphatic heterocycles. The molecule has 0 bridgehead atoms. The second-order valence-electron chi connectivity index (χ2n) is 8.45. The first-order valence-corrected chi connectivity index (χ1v) is 11.2. The molecule has 3 N–H and O–H groups in total. The van der Waals surface area contributed by atoms with Gasteiger partial charge in [-0.3, -0.25) is 29.4 Å². The molecule has 10 heteroatoms. The van der Waals surface area contributed by atoms with Gasteiger partial charge in [0.25, 0.3) is 11.8 Å². The highest BCUT2D eigenvalue weighted by Crippen LogP contribution is 2.30. The van der Waals surface area contributed by atoms with E-state index in [0.29, 0.717) is 11.5 Å². The van der Waals surface area contributed by atoms with Crippen molar-refractivity contribution in [3.63, 3.8) is 0 Å². The number of hydrogen-bond acceptors (Lipinski definition) is 8. The van der Waals surface area contributed by atoms with Crippen LogP contribution in [0.5, 0.6) is 0 Å². The maximum atomic E-state index is 13.2. The van der Waals surface area contributed by atoms with Gasteiger partial charge in [0, 0.05) is 25.2 Å². The van der Waals surface area contributed by atoms with E-state index in [0.717, 1.165) is 36.4 Å². The number of nitrogens with one attached hydrogen (secondary N) is 3. The van der Waals surface area contributed by atoms with E-state index in [4.69, 9.17) is 0 Å². The molecule has 0 spiro atoms. The molecule has 2 atom stereocenters. The average molecular weight is 448 g/mol. The smallest absolute Gasteiger partial charge is 0.262 e. The summed E-state index contributed by atoms with van der Waals surface area (Å²) in [6.07, 6.45) is 5.25. The highest BCUT2D eigenvalue weighted by atomic mass is 16.2. The Morgan fingerprint density at radius 1 is 1.06 bits per heavy atom. The molecule has 0 radical (unpaired) electrons. The number of benzene rings is 1. The van der Waals surface area contributed by atoms with E-state index in [9.17, 15) is 19.2 Å².